The van der Waals surface area contributed by atoms with E-state index in [-0.39, 0.29) is 11.6 Å². The largest absolute Gasteiger partial charge is 0.465 e. The smallest absolute Gasteiger partial charge is 0.337 e. The third-order valence-corrected chi connectivity index (χ3v) is 4.37. The number of rotatable bonds is 6. The van der Waals surface area contributed by atoms with E-state index in [0.717, 1.165) is 11.3 Å². The molecule has 142 valence electrons. The molecule has 0 saturated heterocycles. The number of nitrogens with zero attached hydrogens (tertiary/aromatic N) is 1. The topological polar surface area (TPSA) is 80.3 Å². The van der Waals surface area contributed by atoms with Gasteiger partial charge in [-0.3, -0.25) is 4.79 Å². The van der Waals surface area contributed by atoms with Gasteiger partial charge >= 0.3 is 5.97 Å². The summed E-state index contributed by atoms with van der Waals surface area (Å²) in [4.78, 5) is 27.9. The number of benzene rings is 2. The van der Waals surface area contributed by atoms with Gasteiger partial charge in [-0.1, -0.05) is 29.8 Å². The second-order valence-electron chi connectivity index (χ2n) is 5.90. The van der Waals surface area contributed by atoms with Crippen LogP contribution in [0.2, 0.25) is 5.02 Å². The first-order valence-corrected chi connectivity index (χ1v) is 8.87. The summed E-state index contributed by atoms with van der Waals surface area (Å²) in [6.07, 6.45) is 1.59. The van der Waals surface area contributed by atoms with Gasteiger partial charge in [0.25, 0.3) is 5.91 Å². The van der Waals surface area contributed by atoms with E-state index in [1.807, 2.05) is 24.3 Å². The van der Waals surface area contributed by atoms with Crippen LogP contribution in [0.1, 0.15) is 26.4 Å². The summed E-state index contributed by atoms with van der Waals surface area (Å²) in [6.45, 7) is 0.555. The molecule has 0 aliphatic rings. The van der Waals surface area contributed by atoms with E-state index in [0.29, 0.717) is 22.8 Å². The molecule has 2 aromatic carbocycles. The quantitative estimate of drug-likeness (QED) is 0.605. The Balaban J connectivity index is 1.59. The summed E-state index contributed by atoms with van der Waals surface area (Å²) < 4.78 is 4.64. The zero-order valence-corrected chi connectivity index (χ0v) is 15.9. The van der Waals surface area contributed by atoms with Gasteiger partial charge < -0.3 is 15.4 Å². The minimum absolute atomic E-state index is 0.278. The van der Waals surface area contributed by atoms with Crippen LogP contribution < -0.4 is 10.6 Å². The summed E-state index contributed by atoms with van der Waals surface area (Å²) in [6, 6.07) is 17.4. The van der Waals surface area contributed by atoms with Crippen molar-refractivity contribution < 1.29 is 14.3 Å². The number of carbonyl (C=O) groups is 2. The Kier molecular flexibility index (Phi) is 6.24. The van der Waals surface area contributed by atoms with E-state index >= 15 is 0 Å². The summed E-state index contributed by atoms with van der Waals surface area (Å²) in [5, 5.41) is 6.65. The molecule has 1 heterocycles. The fourth-order valence-electron chi connectivity index (χ4n) is 2.47. The lowest BCUT2D eigenvalue weighted by atomic mass is 10.2. The second-order valence-corrected chi connectivity index (χ2v) is 6.31. The number of pyridine rings is 1. The molecule has 2 N–H and O–H groups in total. The SMILES string of the molecule is COC(=O)c1ccc(NC(=O)c2ccc(NCc3ccccc3Cl)cn2)cc1. The van der Waals surface area contributed by atoms with Crippen LogP contribution in [0.3, 0.4) is 0 Å². The van der Waals surface area contributed by atoms with Gasteiger partial charge in [0.1, 0.15) is 5.69 Å². The molecule has 0 radical (unpaired) electrons. The van der Waals surface area contributed by atoms with Gasteiger partial charge in [-0.15, -0.1) is 0 Å². The van der Waals surface area contributed by atoms with Crippen LogP contribution in [-0.4, -0.2) is 24.0 Å². The molecule has 1 aromatic heterocycles. The number of nitrogens with one attached hydrogen (secondary N) is 2. The van der Waals surface area contributed by atoms with Crippen LogP contribution in [0, 0.1) is 0 Å². The minimum Gasteiger partial charge on any atom is -0.465 e. The maximum Gasteiger partial charge on any atom is 0.337 e. The van der Waals surface area contributed by atoms with Crippen LogP contribution >= 0.6 is 11.6 Å². The molecule has 0 aliphatic carbocycles. The van der Waals surface area contributed by atoms with E-state index in [2.05, 4.69) is 20.4 Å². The Labute approximate surface area is 167 Å². The Morgan fingerprint density at radius 2 is 1.71 bits per heavy atom. The number of anilines is 2. The zero-order valence-electron chi connectivity index (χ0n) is 15.1. The second kappa shape index (κ2) is 9.01. The highest BCUT2D eigenvalue weighted by atomic mass is 35.5. The van der Waals surface area contributed by atoms with Crippen LogP contribution in [0.15, 0.2) is 66.9 Å². The van der Waals surface area contributed by atoms with Crippen molar-refractivity contribution in [3.8, 4) is 0 Å². The van der Waals surface area contributed by atoms with Crippen LogP contribution in [0.4, 0.5) is 11.4 Å². The Bertz CT molecular complexity index is 973. The van der Waals surface area contributed by atoms with Gasteiger partial charge in [0.15, 0.2) is 0 Å². The molecule has 3 aromatic rings. The fourth-order valence-corrected chi connectivity index (χ4v) is 2.68. The van der Waals surface area contributed by atoms with Crippen molar-refractivity contribution in [3.63, 3.8) is 0 Å². The lowest BCUT2D eigenvalue weighted by Crippen LogP contribution is -2.14. The lowest BCUT2D eigenvalue weighted by molar-refractivity contribution is 0.0600. The predicted molar refractivity (Wildman–Crippen MR) is 109 cm³/mol. The Morgan fingerprint density at radius 1 is 1.00 bits per heavy atom. The molecule has 1 amide bonds. The van der Waals surface area contributed by atoms with Crippen LogP contribution in [-0.2, 0) is 11.3 Å². The van der Waals surface area contributed by atoms with E-state index in [9.17, 15) is 9.59 Å². The van der Waals surface area contributed by atoms with Gasteiger partial charge in [0, 0.05) is 17.3 Å². The highest BCUT2D eigenvalue weighted by Crippen LogP contribution is 2.17. The van der Waals surface area contributed by atoms with Gasteiger partial charge in [0.2, 0.25) is 0 Å². The molecule has 0 spiro atoms. The Hall–Kier alpha value is -3.38. The van der Waals surface area contributed by atoms with Crippen molar-refractivity contribution in [2.45, 2.75) is 6.54 Å². The number of ether oxygens (including phenoxy) is 1. The monoisotopic (exact) mass is 395 g/mol. The van der Waals surface area contributed by atoms with Gasteiger partial charge in [-0.25, -0.2) is 9.78 Å². The van der Waals surface area contributed by atoms with Crippen molar-refractivity contribution in [1.82, 2.24) is 4.98 Å². The van der Waals surface area contributed by atoms with Crippen LogP contribution in [0.5, 0.6) is 0 Å². The number of hydrogen-bond donors (Lipinski definition) is 2. The first-order chi connectivity index (χ1) is 13.6. The predicted octanol–water partition coefficient (Wildman–Crippen LogP) is 4.39. The molecular weight excluding hydrogens is 378 g/mol. The first kappa shape index (κ1) is 19.4. The molecule has 28 heavy (non-hydrogen) atoms. The third-order valence-electron chi connectivity index (χ3n) is 4.00. The van der Waals surface area contributed by atoms with Crippen molar-refractivity contribution in [2.75, 3.05) is 17.7 Å². The molecule has 0 atom stereocenters. The number of carbonyl (C=O) groups excluding carboxylic acids is 2. The van der Waals surface area contributed by atoms with E-state index in [1.165, 1.54) is 7.11 Å². The van der Waals surface area contributed by atoms with Gasteiger partial charge in [-0.05, 0) is 48.0 Å². The highest BCUT2D eigenvalue weighted by molar-refractivity contribution is 6.31. The molecule has 0 fully saturated rings. The van der Waals surface area contributed by atoms with Crippen LogP contribution in [0.25, 0.3) is 0 Å². The van der Waals surface area contributed by atoms with Crippen molar-refractivity contribution in [3.05, 3.63) is 88.7 Å². The first-order valence-electron chi connectivity index (χ1n) is 8.50. The average molecular weight is 396 g/mol. The number of halogens is 1. The van der Waals surface area contributed by atoms with E-state index in [1.54, 1.807) is 42.6 Å². The number of aromatic nitrogens is 1. The molecule has 0 bridgehead atoms. The molecule has 0 unspecified atom stereocenters. The maximum absolute atomic E-state index is 12.3. The molecule has 3 rings (SSSR count). The fraction of sp³-hybridized carbons (Fsp3) is 0.0952. The number of hydrogen-bond acceptors (Lipinski definition) is 5. The van der Waals surface area contributed by atoms with Gasteiger partial charge in [-0.2, -0.15) is 0 Å². The van der Waals surface area contributed by atoms with Gasteiger partial charge in [0.05, 0.1) is 24.6 Å². The third kappa shape index (κ3) is 4.86. The Morgan fingerprint density at radius 3 is 2.36 bits per heavy atom. The molecular formula is C21H18ClN3O3. The molecule has 6 nitrogen and oxygen atoms in total. The highest BCUT2D eigenvalue weighted by Gasteiger charge is 2.09. The normalized spacial score (nSPS) is 10.2. The van der Waals surface area contributed by atoms with Crippen molar-refractivity contribution in [2.24, 2.45) is 0 Å². The summed E-state index contributed by atoms with van der Waals surface area (Å²) in [7, 11) is 1.32. The van der Waals surface area contributed by atoms with Crippen molar-refractivity contribution in [1.29, 1.82) is 0 Å². The maximum atomic E-state index is 12.3. The average Bonchev–Trinajstić information content (AvgIpc) is 2.73. The standard InChI is InChI=1S/C21H18ClN3O3/c1-28-21(27)14-6-8-16(9-7-14)25-20(26)19-11-10-17(13-24-19)23-12-15-4-2-3-5-18(15)22/h2-11,13,23H,12H2,1H3,(H,25,26). The minimum atomic E-state index is -0.431. The number of amides is 1. The van der Waals surface area contributed by atoms with E-state index in [4.69, 9.17) is 11.6 Å². The summed E-state index contributed by atoms with van der Waals surface area (Å²) in [5.41, 5.74) is 2.99. The van der Waals surface area contributed by atoms with Crippen molar-refractivity contribution >= 4 is 34.9 Å². The summed E-state index contributed by atoms with van der Waals surface area (Å²) >= 11 is 6.14. The zero-order chi connectivity index (χ0) is 19.9. The molecule has 0 saturated carbocycles. The van der Waals surface area contributed by atoms with E-state index < -0.39 is 5.97 Å². The molecule has 0 aliphatic heterocycles. The number of methoxy groups -OCH3 is 1. The summed E-state index contributed by atoms with van der Waals surface area (Å²) in [5.74, 6) is -0.775. The number of esters is 1. The molecule has 7 heteroatoms. The lowest BCUT2D eigenvalue weighted by Gasteiger charge is -2.09.